The number of nitrogen functional groups attached to an aromatic ring is 1. The van der Waals surface area contributed by atoms with Gasteiger partial charge in [0.05, 0.1) is 0 Å². The van der Waals surface area contributed by atoms with Crippen LogP contribution in [0.15, 0.2) is 54.6 Å². The Labute approximate surface area is 144 Å². The first-order chi connectivity index (χ1) is 11.3. The Morgan fingerprint density at radius 2 is 1.71 bits per heavy atom. The Morgan fingerprint density at radius 1 is 1.04 bits per heavy atom. The third-order valence-electron chi connectivity index (χ3n) is 3.49. The van der Waals surface area contributed by atoms with Crippen molar-refractivity contribution in [3.8, 4) is 0 Å². The summed E-state index contributed by atoms with van der Waals surface area (Å²) in [6.45, 7) is 6.70. The van der Waals surface area contributed by atoms with Crippen LogP contribution in [0.1, 0.15) is 31.9 Å². The van der Waals surface area contributed by atoms with Crippen molar-refractivity contribution in [3.05, 3.63) is 65.7 Å². The van der Waals surface area contributed by atoms with Crippen LogP contribution in [-0.4, -0.2) is 23.1 Å². The first-order valence-corrected chi connectivity index (χ1v) is 8.20. The summed E-state index contributed by atoms with van der Waals surface area (Å²) in [4.78, 5) is 14.3. The molecule has 0 radical (unpaired) electrons. The Kier molecular flexibility index (Phi) is 5.85. The number of nitrogens with two attached hydrogens (primary N) is 1. The Hall–Kier alpha value is -2.49. The molecular formula is C20H26N2O2. The van der Waals surface area contributed by atoms with Crippen molar-refractivity contribution in [2.45, 2.75) is 39.3 Å². The average Bonchev–Trinajstić information content (AvgIpc) is 2.50. The molecule has 4 nitrogen and oxygen atoms in total. The Balaban J connectivity index is 2.09. The number of carbonyl (C=O) groups is 1. The molecule has 0 fully saturated rings. The minimum atomic E-state index is -0.516. The van der Waals surface area contributed by atoms with E-state index in [1.165, 1.54) is 5.56 Å². The van der Waals surface area contributed by atoms with Crippen molar-refractivity contribution in [2.24, 2.45) is 0 Å². The second kappa shape index (κ2) is 7.86. The molecule has 0 aromatic heterocycles. The van der Waals surface area contributed by atoms with Gasteiger partial charge in [0.15, 0.2) is 0 Å². The van der Waals surface area contributed by atoms with Gasteiger partial charge in [-0.3, -0.25) is 0 Å². The highest BCUT2D eigenvalue weighted by molar-refractivity contribution is 5.68. The first-order valence-electron chi connectivity index (χ1n) is 8.20. The van der Waals surface area contributed by atoms with Crippen molar-refractivity contribution in [2.75, 3.05) is 12.3 Å². The lowest BCUT2D eigenvalue weighted by molar-refractivity contribution is 0.0236. The Bertz CT molecular complexity index is 663. The van der Waals surface area contributed by atoms with Crippen molar-refractivity contribution >= 4 is 11.8 Å². The van der Waals surface area contributed by atoms with E-state index in [9.17, 15) is 4.79 Å². The van der Waals surface area contributed by atoms with Crippen LogP contribution in [0.25, 0.3) is 0 Å². The maximum atomic E-state index is 12.5. The predicted molar refractivity (Wildman–Crippen MR) is 97.6 cm³/mol. The topological polar surface area (TPSA) is 55.6 Å². The number of nitrogens with zero attached hydrogens (tertiary/aromatic N) is 1. The summed E-state index contributed by atoms with van der Waals surface area (Å²) in [5.41, 5.74) is 8.21. The van der Waals surface area contributed by atoms with E-state index in [-0.39, 0.29) is 6.09 Å². The minimum Gasteiger partial charge on any atom is -0.444 e. The second-order valence-corrected chi connectivity index (χ2v) is 6.88. The molecule has 24 heavy (non-hydrogen) atoms. The predicted octanol–water partition coefficient (Wildman–Crippen LogP) is 4.25. The monoisotopic (exact) mass is 326 g/mol. The highest BCUT2D eigenvalue weighted by atomic mass is 16.6. The third-order valence-corrected chi connectivity index (χ3v) is 3.49. The van der Waals surface area contributed by atoms with Crippen LogP contribution in [0.5, 0.6) is 0 Å². The van der Waals surface area contributed by atoms with E-state index in [1.54, 1.807) is 4.90 Å². The summed E-state index contributed by atoms with van der Waals surface area (Å²) in [5.74, 6) is 0. The van der Waals surface area contributed by atoms with Gasteiger partial charge in [-0.05, 0) is 50.5 Å². The summed E-state index contributed by atoms with van der Waals surface area (Å²) >= 11 is 0. The molecule has 0 bridgehead atoms. The molecule has 0 aliphatic rings. The van der Waals surface area contributed by atoms with Crippen LogP contribution in [0.4, 0.5) is 10.5 Å². The van der Waals surface area contributed by atoms with Crippen molar-refractivity contribution in [1.29, 1.82) is 0 Å². The lowest BCUT2D eigenvalue weighted by atomic mass is 10.1. The van der Waals surface area contributed by atoms with E-state index in [0.29, 0.717) is 18.8 Å². The number of rotatable bonds is 5. The van der Waals surface area contributed by atoms with Gasteiger partial charge in [0.25, 0.3) is 0 Å². The van der Waals surface area contributed by atoms with E-state index in [2.05, 4.69) is 12.1 Å². The molecule has 128 valence electrons. The smallest absolute Gasteiger partial charge is 0.410 e. The summed E-state index contributed by atoms with van der Waals surface area (Å²) in [6.07, 6.45) is 0.475. The number of hydrogen-bond acceptors (Lipinski definition) is 3. The molecule has 1 amide bonds. The molecular weight excluding hydrogens is 300 g/mol. The van der Waals surface area contributed by atoms with Crippen molar-refractivity contribution < 1.29 is 9.53 Å². The van der Waals surface area contributed by atoms with Crippen LogP contribution in [-0.2, 0) is 17.7 Å². The van der Waals surface area contributed by atoms with Gasteiger partial charge >= 0.3 is 6.09 Å². The molecule has 0 aliphatic carbocycles. The minimum absolute atomic E-state index is 0.305. The molecule has 2 aromatic rings. The first kappa shape index (κ1) is 17.9. The second-order valence-electron chi connectivity index (χ2n) is 6.88. The summed E-state index contributed by atoms with van der Waals surface area (Å²) in [7, 11) is 0. The van der Waals surface area contributed by atoms with E-state index in [1.807, 2.05) is 63.2 Å². The van der Waals surface area contributed by atoms with Crippen molar-refractivity contribution in [3.63, 3.8) is 0 Å². The third kappa shape index (κ3) is 5.95. The molecule has 0 saturated heterocycles. The van der Waals surface area contributed by atoms with Gasteiger partial charge in [-0.2, -0.15) is 0 Å². The largest absolute Gasteiger partial charge is 0.444 e. The van der Waals surface area contributed by atoms with E-state index in [0.717, 1.165) is 12.0 Å². The molecule has 0 spiro atoms. The van der Waals surface area contributed by atoms with Gasteiger partial charge in [0, 0.05) is 18.8 Å². The van der Waals surface area contributed by atoms with Gasteiger partial charge in [0.2, 0.25) is 0 Å². The number of hydrogen-bond donors (Lipinski definition) is 1. The maximum absolute atomic E-state index is 12.5. The zero-order chi connectivity index (χ0) is 17.6. The lowest BCUT2D eigenvalue weighted by Crippen LogP contribution is -2.37. The lowest BCUT2D eigenvalue weighted by Gasteiger charge is -2.27. The molecule has 0 aliphatic heterocycles. The van der Waals surface area contributed by atoms with E-state index < -0.39 is 5.60 Å². The number of carbonyl (C=O) groups excluding carboxylic acids is 1. The fraction of sp³-hybridized carbons (Fsp3) is 0.350. The molecule has 2 rings (SSSR count). The van der Waals surface area contributed by atoms with Gasteiger partial charge in [-0.1, -0.05) is 42.5 Å². The standard InChI is InChI=1S/C20H26N2O2/c1-20(2,3)24-19(23)22(13-12-16-8-5-4-6-9-16)15-17-10-7-11-18(21)14-17/h4-11,14H,12-13,15,21H2,1-3H3. The van der Waals surface area contributed by atoms with Gasteiger partial charge < -0.3 is 15.4 Å². The molecule has 2 N–H and O–H groups in total. The van der Waals surface area contributed by atoms with Gasteiger partial charge in [-0.15, -0.1) is 0 Å². The van der Waals surface area contributed by atoms with E-state index in [4.69, 9.17) is 10.5 Å². The molecule has 0 unspecified atom stereocenters. The summed E-state index contributed by atoms with van der Waals surface area (Å²) in [6, 6.07) is 17.7. The SMILES string of the molecule is CC(C)(C)OC(=O)N(CCc1ccccc1)Cc1cccc(N)c1. The normalized spacial score (nSPS) is 11.1. The number of ether oxygens (including phenoxy) is 1. The van der Waals surface area contributed by atoms with Gasteiger partial charge in [0.1, 0.15) is 5.60 Å². The van der Waals surface area contributed by atoms with Crippen molar-refractivity contribution in [1.82, 2.24) is 4.90 Å². The maximum Gasteiger partial charge on any atom is 0.410 e. The molecule has 4 heteroatoms. The molecule has 2 aromatic carbocycles. The zero-order valence-electron chi connectivity index (χ0n) is 14.7. The molecule has 0 heterocycles. The fourth-order valence-corrected chi connectivity index (χ4v) is 2.38. The highest BCUT2D eigenvalue weighted by Crippen LogP contribution is 2.15. The van der Waals surface area contributed by atoms with E-state index >= 15 is 0 Å². The summed E-state index contributed by atoms with van der Waals surface area (Å²) in [5, 5.41) is 0. The zero-order valence-corrected chi connectivity index (χ0v) is 14.7. The van der Waals surface area contributed by atoms with Crippen LogP contribution in [0.3, 0.4) is 0 Å². The number of anilines is 1. The van der Waals surface area contributed by atoms with Crippen LogP contribution < -0.4 is 5.73 Å². The van der Waals surface area contributed by atoms with Crippen LogP contribution >= 0.6 is 0 Å². The molecule has 0 saturated carbocycles. The quantitative estimate of drug-likeness (QED) is 0.836. The molecule has 0 atom stereocenters. The summed E-state index contributed by atoms with van der Waals surface area (Å²) < 4.78 is 5.55. The van der Waals surface area contributed by atoms with Crippen LogP contribution in [0.2, 0.25) is 0 Å². The fourth-order valence-electron chi connectivity index (χ4n) is 2.38. The number of benzene rings is 2. The number of amides is 1. The van der Waals surface area contributed by atoms with Crippen LogP contribution in [0, 0.1) is 0 Å². The Morgan fingerprint density at radius 3 is 2.33 bits per heavy atom. The average molecular weight is 326 g/mol. The highest BCUT2D eigenvalue weighted by Gasteiger charge is 2.22. The van der Waals surface area contributed by atoms with Gasteiger partial charge in [-0.25, -0.2) is 4.79 Å².